The molecule has 0 spiro atoms. The van der Waals surface area contributed by atoms with E-state index in [1.807, 2.05) is 34.3 Å². The number of thiazole rings is 1. The van der Waals surface area contributed by atoms with Crippen molar-refractivity contribution < 1.29 is 14.3 Å². The van der Waals surface area contributed by atoms with Gasteiger partial charge in [-0.2, -0.15) is 0 Å². The first-order valence-electron chi connectivity index (χ1n) is 7.19. The zero-order chi connectivity index (χ0) is 17.1. The maximum atomic E-state index is 12.1. The van der Waals surface area contributed by atoms with E-state index in [-0.39, 0.29) is 12.3 Å². The van der Waals surface area contributed by atoms with Gasteiger partial charge < -0.3 is 14.8 Å². The van der Waals surface area contributed by atoms with Crippen LogP contribution in [0.15, 0.2) is 34.4 Å². The number of fused-ring (bicyclic) bond motifs is 1. The molecule has 0 saturated heterocycles. The second kappa shape index (κ2) is 7.23. The van der Waals surface area contributed by atoms with Crippen LogP contribution < -0.4 is 14.8 Å². The summed E-state index contributed by atoms with van der Waals surface area (Å²) in [5.41, 5.74) is 1.66. The first-order valence-corrected chi connectivity index (χ1v) is 8.86. The zero-order valence-electron chi connectivity index (χ0n) is 13.2. The van der Waals surface area contributed by atoms with Crippen LogP contribution in [0.25, 0.3) is 4.96 Å². The third-order valence-electron chi connectivity index (χ3n) is 3.51. The highest BCUT2D eigenvalue weighted by atomic mass is 79.9. The Morgan fingerprint density at radius 3 is 2.79 bits per heavy atom. The number of benzene rings is 1. The molecule has 2 aromatic heterocycles. The molecule has 0 fully saturated rings. The van der Waals surface area contributed by atoms with Crippen molar-refractivity contribution in [2.24, 2.45) is 0 Å². The highest BCUT2D eigenvalue weighted by molar-refractivity contribution is 9.10. The Morgan fingerprint density at radius 1 is 1.33 bits per heavy atom. The molecule has 0 unspecified atom stereocenters. The molecular formula is C16H16BrN3O3S. The molecule has 24 heavy (non-hydrogen) atoms. The van der Waals surface area contributed by atoms with Gasteiger partial charge in [-0.1, -0.05) is 15.9 Å². The van der Waals surface area contributed by atoms with Gasteiger partial charge in [0, 0.05) is 28.8 Å². The number of halogens is 1. The van der Waals surface area contributed by atoms with Crippen LogP contribution in [0, 0.1) is 0 Å². The molecule has 2 heterocycles. The minimum Gasteiger partial charge on any atom is -0.493 e. The molecule has 3 aromatic rings. The molecule has 1 amide bonds. The maximum absolute atomic E-state index is 12.1. The Labute approximate surface area is 151 Å². The van der Waals surface area contributed by atoms with Gasteiger partial charge in [0.05, 0.1) is 26.3 Å². The van der Waals surface area contributed by atoms with E-state index in [0.717, 1.165) is 20.7 Å². The Balaban J connectivity index is 1.64. The molecule has 0 atom stereocenters. The summed E-state index contributed by atoms with van der Waals surface area (Å²) in [6, 6.07) is 3.67. The van der Waals surface area contributed by atoms with Crippen molar-refractivity contribution >= 4 is 38.1 Å². The molecule has 0 radical (unpaired) electrons. The van der Waals surface area contributed by atoms with E-state index < -0.39 is 0 Å². The Bertz CT molecular complexity index is 846. The summed E-state index contributed by atoms with van der Waals surface area (Å²) in [6.45, 7) is 0.391. The number of hydrogen-bond donors (Lipinski definition) is 1. The van der Waals surface area contributed by atoms with Gasteiger partial charge in [-0.15, -0.1) is 11.3 Å². The standard InChI is InChI=1S/C16H16BrN3O3S/c1-22-13-5-10(12(17)7-14(13)23-2)8-18-15(21)6-11-9-20-3-4-24-16(20)19-11/h3-5,7,9H,6,8H2,1-2H3,(H,18,21). The highest BCUT2D eigenvalue weighted by Gasteiger charge is 2.12. The van der Waals surface area contributed by atoms with E-state index >= 15 is 0 Å². The first-order chi connectivity index (χ1) is 11.6. The van der Waals surface area contributed by atoms with Crippen molar-refractivity contribution in [3.63, 3.8) is 0 Å². The van der Waals surface area contributed by atoms with Crippen molar-refractivity contribution in [2.75, 3.05) is 14.2 Å². The minimum atomic E-state index is -0.0811. The third-order valence-corrected chi connectivity index (χ3v) is 5.02. The molecule has 0 aliphatic carbocycles. The predicted molar refractivity (Wildman–Crippen MR) is 95.9 cm³/mol. The average Bonchev–Trinajstić information content (AvgIpc) is 3.14. The second-order valence-corrected chi connectivity index (χ2v) is 6.80. The monoisotopic (exact) mass is 409 g/mol. The van der Waals surface area contributed by atoms with Gasteiger partial charge in [0.25, 0.3) is 0 Å². The van der Waals surface area contributed by atoms with E-state index in [1.165, 1.54) is 0 Å². The number of carbonyl (C=O) groups excluding carboxylic acids is 1. The van der Waals surface area contributed by atoms with E-state index in [0.29, 0.717) is 18.0 Å². The number of rotatable bonds is 6. The normalized spacial score (nSPS) is 10.8. The van der Waals surface area contributed by atoms with E-state index in [1.54, 1.807) is 25.6 Å². The predicted octanol–water partition coefficient (Wildman–Crippen LogP) is 3.03. The topological polar surface area (TPSA) is 64.9 Å². The SMILES string of the molecule is COc1cc(Br)c(CNC(=O)Cc2cn3ccsc3n2)cc1OC. The molecular weight excluding hydrogens is 394 g/mol. The summed E-state index contributed by atoms with van der Waals surface area (Å²) in [7, 11) is 3.17. The number of amides is 1. The summed E-state index contributed by atoms with van der Waals surface area (Å²) in [5.74, 6) is 1.18. The highest BCUT2D eigenvalue weighted by Crippen LogP contribution is 2.33. The van der Waals surface area contributed by atoms with Crippen LogP contribution in [0.5, 0.6) is 11.5 Å². The number of aromatic nitrogens is 2. The van der Waals surface area contributed by atoms with Gasteiger partial charge >= 0.3 is 0 Å². The third kappa shape index (κ3) is 3.54. The number of nitrogens with zero attached hydrogens (tertiary/aromatic N) is 2. The quantitative estimate of drug-likeness (QED) is 0.679. The molecule has 8 heteroatoms. The smallest absolute Gasteiger partial charge is 0.226 e. The van der Waals surface area contributed by atoms with Gasteiger partial charge in [-0.25, -0.2) is 4.98 Å². The summed E-state index contributed by atoms with van der Waals surface area (Å²) >= 11 is 5.03. The number of carbonyl (C=O) groups is 1. The zero-order valence-corrected chi connectivity index (χ0v) is 15.6. The molecule has 1 aromatic carbocycles. The molecule has 0 bridgehead atoms. The first kappa shape index (κ1) is 16.8. The van der Waals surface area contributed by atoms with Crippen LogP contribution in [0.2, 0.25) is 0 Å². The Hall–Kier alpha value is -2.06. The molecule has 0 aliphatic heterocycles. The molecule has 0 saturated carbocycles. The maximum Gasteiger partial charge on any atom is 0.226 e. The largest absolute Gasteiger partial charge is 0.493 e. The minimum absolute atomic E-state index is 0.0811. The van der Waals surface area contributed by atoms with Crippen LogP contribution >= 0.6 is 27.3 Å². The van der Waals surface area contributed by atoms with Crippen molar-refractivity contribution in [1.29, 1.82) is 0 Å². The van der Waals surface area contributed by atoms with Gasteiger partial charge in [0.15, 0.2) is 16.5 Å². The van der Waals surface area contributed by atoms with Crippen molar-refractivity contribution in [1.82, 2.24) is 14.7 Å². The summed E-state index contributed by atoms with van der Waals surface area (Å²) in [6.07, 6.45) is 4.05. The lowest BCUT2D eigenvalue weighted by atomic mass is 10.2. The summed E-state index contributed by atoms with van der Waals surface area (Å²) in [5, 5.41) is 4.86. The molecule has 3 rings (SSSR count). The lowest BCUT2D eigenvalue weighted by Gasteiger charge is -2.12. The van der Waals surface area contributed by atoms with Gasteiger partial charge in [0.1, 0.15) is 0 Å². The summed E-state index contributed by atoms with van der Waals surface area (Å²) in [4.78, 5) is 17.4. The van der Waals surface area contributed by atoms with Crippen LogP contribution in [-0.4, -0.2) is 29.5 Å². The number of ether oxygens (including phenoxy) is 2. The van der Waals surface area contributed by atoms with Crippen molar-refractivity contribution in [3.05, 3.63) is 45.6 Å². The van der Waals surface area contributed by atoms with Crippen molar-refractivity contribution in [3.8, 4) is 11.5 Å². The average molecular weight is 410 g/mol. The Morgan fingerprint density at radius 2 is 2.08 bits per heavy atom. The van der Waals surface area contributed by atoms with E-state index in [4.69, 9.17) is 9.47 Å². The Kier molecular flexibility index (Phi) is 5.06. The van der Waals surface area contributed by atoms with E-state index in [2.05, 4.69) is 26.2 Å². The fourth-order valence-corrected chi connectivity index (χ4v) is 3.50. The number of imidazole rings is 1. The molecule has 0 aliphatic rings. The van der Waals surface area contributed by atoms with Crippen molar-refractivity contribution in [2.45, 2.75) is 13.0 Å². The van der Waals surface area contributed by atoms with Gasteiger partial charge in [-0.05, 0) is 17.7 Å². The number of hydrogen-bond acceptors (Lipinski definition) is 5. The molecule has 126 valence electrons. The molecule has 1 N–H and O–H groups in total. The lowest BCUT2D eigenvalue weighted by molar-refractivity contribution is -0.120. The second-order valence-electron chi connectivity index (χ2n) is 5.08. The van der Waals surface area contributed by atoms with Crippen LogP contribution in [0.1, 0.15) is 11.3 Å². The molecule has 6 nitrogen and oxygen atoms in total. The van der Waals surface area contributed by atoms with Crippen LogP contribution in [0.3, 0.4) is 0 Å². The van der Waals surface area contributed by atoms with Crippen LogP contribution in [0.4, 0.5) is 0 Å². The van der Waals surface area contributed by atoms with Crippen LogP contribution in [-0.2, 0) is 17.8 Å². The van der Waals surface area contributed by atoms with Gasteiger partial charge in [-0.3, -0.25) is 9.20 Å². The lowest BCUT2D eigenvalue weighted by Crippen LogP contribution is -2.24. The fraction of sp³-hybridized carbons (Fsp3) is 0.250. The number of nitrogens with one attached hydrogen (secondary N) is 1. The number of methoxy groups -OCH3 is 2. The summed E-state index contributed by atoms with van der Waals surface area (Å²) < 4.78 is 13.3. The fourth-order valence-electron chi connectivity index (χ4n) is 2.31. The van der Waals surface area contributed by atoms with Gasteiger partial charge in [0.2, 0.25) is 5.91 Å². The van der Waals surface area contributed by atoms with E-state index in [9.17, 15) is 4.79 Å².